The number of cyclic esters (lactones) is 1. The van der Waals surface area contributed by atoms with Gasteiger partial charge < -0.3 is 48.2 Å². The summed E-state index contributed by atoms with van der Waals surface area (Å²) in [7, 11) is 2.10. The van der Waals surface area contributed by atoms with E-state index in [1.807, 2.05) is 20.8 Å². The number of amides is 1. The lowest BCUT2D eigenvalue weighted by Crippen LogP contribution is -2.56. The molecule has 4 unspecified atom stereocenters. The predicted molar refractivity (Wildman–Crippen MR) is 281 cm³/mol. The van der Waals surface area contributed by atoms with E-state index in [1.54, 1.807) is 27.7 Å². The van der Waals surface area contributed by atoms with Crippen molar-refractivity contribution in [3.63, 3.8) is 0 Å². The highest BCUT2D eigenvalue weighted by molar-refractivity contribution is 6.15. The number of carbonyl (C=O) groups is 3. The molecule has 1 aliphatic carbocycles. The standard InChI is InChI=1S/C55H57N9O9.C2H6/c1-5-37-39-23-36(65)14-15-43(39)57-48-41(37)26-64-46(48)24-40-42(52(64)67)30-70-53(68)49(40)73-55(69)72-28-32(3)51(66)63-22-21-62(25-34(63)16-18-56)50-38-17-20-61(45-13-7-11-33-10-6-9-31(2)47(33)45)27-44(38)58-54(59-50)71-29-35-12-8-19-60(35)4;1-2/h6-7,9-11,13-15,24,34-35,39,49,65H,3,5,8,12,16-17,19-23,25-30H2,1-2,4H3;1-2H3. The maximum atomic E-state index is 14.1. The predicted octanol–water partition coefficient (Wildman–Crippen LogP) is 7.47. The molecule has 2 saturated heterocycles. The highest BCUT2D eigenvalue weighted by Crippen LogP contribution is 2.43. The van der Waals surface area contributed by atoms with Gasteiger partial charge in [-0.25, -0.2) is 9.59 Å². The summed E-state index contributed by atoms with van der Waals surface area (Å²) in [5.41, 5.74) is 7.89. The number of benzene rings is 2. The molecule has 11 rings (SSSR count). The van der Waals surface area contributed by atoms with Crippen molar-refractivity contribution >= 4 is 46.0 Å². The van der Waals surface area contributed by atoms with Gasteiger partial charge >= 0.3 is 18.1 Å². The molecule has 2 fully saturated rings. The van der Waals surface area contributed by atoms with Gasteiger partial charge in [-0.05, 0) is 87.0 Å². The minimum atomic E-state index is -1.62. The molecule has 75 heavy (non-hydrogen) atoms. The smallest absolute Gasteiger partial charge is 0.509 e. The third-order valence-corrected chi connectivity index (χ3v) is 15.6. The lowest BCUT2D eigenvalue weighted by atomic mass is 9.81. The molecule has 4 aromatic rings. The zero-order chi connectivity index (χ0) is 52.7. The number of nitriles is 1. The van der Waals surface area contributed by atoms with Crippen molar-refractivity contribution in [1.82, 2.24) is 24.3 Å². The number of dihydropyridines is 1. The molecule has 2 aromatic heterocycles. The van der Waals surface area contributed by atoms with Crippen LogP contribution in [0.25, 0.3) is 10.8 Å². The first-order valence-electron chi connectivity index (χ1n) is 26.1. The summed E-state index contributed by atoms with van der Waals surface area (Å²) in [6.07, 6.45) is 4.43. The van der Waals surface area contributed by atoms with Gasteiger partial charge in [-0.2, -0.15) is 15.2 Å². The second-order valence-corrected chi connectivity index (χ2v) is 19.9. The Morgan fingerprint density at radius 2 is 1.81 bits per heavy atom. The second kappa shape index (κ2) is 21.2. The molecule has 390 valence electrons. The van der Waals surface area contributed by atoms with Gasteiger partial charge in [0.05, 0.1) is 60.0 Å². The summed E-state index contributed by atoms with van der Waals surface area (Å²) in [6.45, 7) is 15.2. The first-order valence-corrected chi connectivity index (χ1v) is 26.1. The average Bonchev–Trinajstić information content (AvgIpc) is 4.08. The van der Waals surface area contributed by atoms with E-state index in [4.69, 9.17) is 33.9 Å². The van der Waals surface area contributed by atoms with Gasteiger partial charge in [0.25, 0.3) is 11.5 Å². The number of hydrogen-bond donors (Lipinski definition) is 1. The number of rotatable bonds is 11. The summed E-state index contributed by atoms with van der Waals surface area (Å²) >= 11 is 0. The summed E-state index contributed by atoms with van der Waals surface area (Å²) < 4.78 is 24.3. The number of carbonyl (C=O) groups excluding carboxylic acids is 3. The van der Waals surface area contributed by atoms with Gasteiger partial charge in [0.15, 0.2) is 0 Å². The van der Waals surface area contributed by atoms with Crippen molar-refractivity contribution in [2.75, 3.05) is 62.8 Å². The van der Waals surface area contributed by atoms with E-state index in [0.29, 0.717) is 62.9 Å². The molecule has 0 bridgehead atoms. The Morgan fingerprint density at radius 3 is 2.59 bits per heavy atom. The van der Waals surface area contributed by atoms with E-state index in [-0.39, 0.29) is 60.5 Å². The van der Waals surface area contributed by atoms with E-state index < -0.39 is 42.3 Å². The minimum Gasteiger partial charge on any atom is -0.512 e. The second-order valence-electron chi connectivity index (χ2n) is 19.9. The fourth-order valence-corrected chi connectivity index (χ4v) is 11.7. The van der Waals surface area contributed by atoms with Gasteiger partial charge in [-0.15, -0.1) is 0 Å². The molecule has 0 radical (unpaired) electrons. The monoisotopic (exact) mass is 1020 g/mol. The van der Waals surface area contributed by atoms with Crippen LogP contribution in [0.4, 0.5) is 16.3 Å². The number of aromatic nitrogens is 3. The van der Waals surface area contributed by atoms with Crippen LogP contribution in [0.5, 0.6) is 6.01 Å². The van der Waals surface area contributed by atoms with Crippen LogP contribution < -0.4 is 20.1 Å². The molecule has 6 aliphatic heterocycles. The SMILES string of the molecule is C=C(COC(=O)OC1C(=O)OCc2c1cc1n(c2=O)CC2=C(CC)C3CC(O)=CC=C3N=C21)C(=O)N1CCN(c2nc(OCC3CCCN3C)nc3c2CCN(c2cccc4cccc(C)c24)C3)CC1CC#N.CC. The Balaban J connectivity index is 0.00000317. The number of esters is 1. The number of ether oxygens (including phenoxy) is 4. The number of aliphatic hydroxyl groups excluding tert-OH is 1. The molecular weight excluding hydrogens is 955 g/mol. The van der Waals surface area contributed by atoms with Crippen LogP contribution in [-0.4, -0.2) is 118 Å². The van der Waals surface area contributed by atoms with Gasteiger partial charge in [0.1, 0.15) is 25.6 Å². The third kappa shape index (κ3) is 9.54. The maximum absolute atomic E-state index is 14.1. The number of likely N-dealkylation sites (tertiary alicyclic amines) is 1. The molecule has 1 N–H and O–H groups in total. The van der Waals surface area contributed by atoms with E-state index in [1.165, 1.54) is 16.3 Å². The number of aliphatic imine (C=N–C) groups is 1. The van der Waals surface area contributed by atoms with E-state index >= 15 is 0 Å². The highest BCUT2D eigenvalue weighted by atomic mass is 16.7. The molecule has 18 nitrogen and oxygen atoms in total. The number of aliphatic hydroxyl groups is 1. The topological polar surface area (TPSA) is 205 Å². The number of anilines is 2. The number of allylic oxidation sites excluding steroid dienone is 5. The Bertz CT molecular complexity index is 3230. The molecule has 8 heterocycles. The first kappa shape index (κ1) is 50.7. The number of hydrogen-bond acceptors (Lipinski definition) is 16. The van der Waals surface area contributed by atoms with E-state index in [2.05, 4.69) is 77.7 Å². The van der Waals surface area contributed by atoms with Crippen LogP contribution >= 0.6 is 0 Å². The van der Waals surface area contributed by atoms with Crippen LogP contribution in [0.15, 0.2) is 99.2 Å². The number of piperazine rings is 1. The lowest BCUT2D eigenvalue weighted by molar-refractivity contribution is -0.159. The minimum absolute atomic E-state index is 0.0203. The Hall–Kier alpha value is -7.78. The van der Waals surface area contributed by atoms with Crippen molar-refractivity contribution in [3.05, 3.63) is 133 Å². The number of likely N-dealkylation sites (N-methyl/N-ethyl adjacent to an activating group) is 1. The van der Waals surface area contributed by atoms with Crippen LogP contribution in [-0.2, 0) is 49.9 Å². The molecule has 18 heteroatoms. The summed E-state index contributed by atoms with van der Waals surface area (Å²) in [5.74, 6) is -0.498. The molecule has 2 aromatic carbocycles. The van der Waals surface area contributed by atoms with Gasteiger partial charge in [0, 0.05) is 78.0 Å². The maximum Gasteiger partial charge on any atom is 0.509 e. The largest absolute Gasteiger partial charge is 0.512 e. The number of aryl methyl sites for hydroxylation is 1. The van der Waals surface area contributed by atoms with Crippen molar-refractivity contribution in [2.45, 2.75) is 104 Å². The molecule has 4 atom stereocenters. The quantitative estimate of drug-likeness (QED) is 0.114. The van der Waals surface area contributed by atoms with E-state index in [9.17, 15) is 29.5 Å². The highest BCUT2D eigenvalue weighted by Gasteiger charge is 2.42. The Kier molecular flexibility index (Phi) is 14.4. The van der Waals surface area contributed by atoms with Crippen molar-refractivity contribution < 1.29 is 38.4 Å². The summed E-state index contributed by atoms with van der Waals surface area (Å²) in [6, 6.07) is 16.6. The first-order chi connectivity index (χ1) is 36.4. The summed E-state index contributed by atoms with van der Waals surface area (Å²) in [4.78, 5) is 78.1. The van der Waals surface area contributed by atoms with Crippen LogP contribution in [0.3, 0.4) is 0 Å². The molecule has 0 spiro atoms. The zero-order valence-electron chi connectivity index (χ0n) is 43.3. The van der Waals surface area contributed by atoms with Crippen LogP contribution in [0.2, 0.25) is 0 Å². The third-order valence-electron chi connectivity index (χ3n) is 15.6. The zero-order valence-corrected chi connectivity index (χ0v) is 43.3. The van der Waals surface area contributed by atoms with Crippen LogP contribution in [0.1, 0.15) is 92.6 Å². The Morgan fingerprint density at radius 1 is 1.00 bits per heavy atom. The molecule has 7 aliphatic rings. The fraction of sp³-hybridized carbons (Fsp3) is 0.439. The average molecular weight is 1020 g/mol. The lowest BCUT2D eigenvalue weighted by Gasteiger charge is -2.42. The van der Waals surface area contributed by atoms with Crippen molar-refractivity contribution in [1.29, 1.82) is 5.26 Å². The molecule has 0 saturated carbocycles. The fourth-order valence-electron chi connectivity index (χ4n) is 11.7. The normalized spacial score (nSPS) is 21.7. The van der Waals surface area contributed by atoms with Gasteiger partial charge in [0.2, 0.25) is 6.10 Å². The number of fused-ring (bicyclic) bond motifs is 7. The summed E-state index contributed by atoms with van der Waals surface area (Å²) in [5, 5.41) is 22.7. The van der Waals surface area contributed by atoms with Gasteiger partial charge in [-0.1, -0.05) is 63.3 Å². The van der Waals surface area contributed by atoms with E-state index in [0.717, 1.165) is 65.5 Å². The Labute approximate surface area is 435 Å². The van der Waals surface area contributed by atoms with Crippen molar-refractivity contribution in [3.8, 4) is 12.1 Å². The number of nitrogens with zero attached hydrogens (tertiary/aromatic N) is 9. The van der Waals surface area contributed by atoms with Crippen LogP contribution in [0, 0.1) is 24.2 Å². The molecular formula is C57H63N9O9. The molecule has 1 amide bonds. The van der Waals surface area contributed by atoms with Crippen molar-refractivity contribution in [2.24, 2.45) is 10.9 Å². The number of pyridine rings is 1. The van der Waals surface area contributed by atoms with Gasteiger partial charge in [-0.3, -0.25) is 14.6 Å².